The fourth-order valence-corrected chi connectivity index (χ4v) is 4.46. The fourth-order valence-electron chi connectivity index (χ4n) is 3.01. The molecule has 0 aromatic heterocycles. The minimum Gasteiger partial charge on any atom is -0.493 e. The first-order chi connectivity index (χ1) is 15.3. The van der Waals surface area contributed by atoms with Crippen LogP contribution in [-0.4, -0.2) is 64.6 Å². The summed E-state index contributed by atoms with van der Waals surface area (Å²) in [5.41, 5.74) is 5.55. The van der Waals surface area contributed by atoms with E-state index >= 15 is 0 Å². The van der Waals surface area contributed by atoms with Crippen molar-refractivity contribution in [1.29, 1.82) is 0 Å². The molecule has 0 unspecified atom stereocenters. The number of ether oxygens (including phenoxy) is 3. The number of aryl methyl sites for hydroxylation is 1. The maximum atomic E-state index is 12.8. The third-order valence-electron chi connectivity index (χ3n) is 4.70. The van der Waals surface area contributed by atoms with Gasteiger partial charge in [0.05, 0.1) is 25.2 Å². The number of nitrogens with zero attached hydrogens (tertiary/aromatic N) is 1. The third kappa shape index (κ3) is 5.75. The Bertz CT molecular complexity index is 1080. The minimum atomic E-state index is -3.74. The first-order valence-electron chi connectivity index (χ1n) is 9.86. The number of carbonyl (C=O) groups excluding carboxylic acids is 2. The van der Waals surface area contributed by atoms with Gasteiger partial charge in [-0.1, -0.05) is 12.1 Å². The highest BCUT2D eigenvalue weighted by Crippen LogP contribution is 2.27. The first kappa shape index (κ1) is 23.5. The molecule has 3 rings (SSSR count). The lowest BCUT2D eigenvalue weighted by molar-refractivity contribution is -0.123. The lowest BCUT2D eigenvalue weighted by Crippen LogP contribution is -2.44. The fraction of sp³-hybridized carbons (Fsp3) is 0.333. The zero-order valence-corrected chi connectivity index (χ0v) is 18.6. The van der Waals surface area contributed by atoms with Crippen molar-refractivity contribution in [2.75, 3.05) is 40.0 Å². The molecule has 2 aromatic rings. The van der Waals surface area contributed by atoms with E-state index in [-0.39, 0.29) is 30.2 Å². The van der Waals surface area contributed by atoms with Crippen molar-refractivity contribution in [3.63, 3.8) is 0 Å². The molecule has 11 heteroatoms. The van der Waals surface area contributed by atoms with Crippen molar-refractivity contribution in [2.45, 2.75) is 11.8 Å². The maximum Gasteiger partial charge on any atom is 0.276 e. The van der Waals surface area contributed by atoms with Gasteiger partial charge in [0, 0.05) is 18.7 Å². The molecule has 10 nitrogen and oxygen atoms in total. The molecule has 1 saturated heterocycles. The number of hydrogen-bond acceptors (Lipinski definition) is 7. The van der Waals surface area contributed by atoms with Crippen LogP contribution in [-0.2, 0) is 19.6 Å². The van der Waals surface area contributed by atoms with Crippen LogP contribution in [0.1, 0.15) is 15.9 Å². The average Bonchev–Trinajstić information content (AvgIpc) is 2.82. The molecule has 0 spiro atoms. The topological polar surface area (TPSA) is 123 Å². The summed E-state index contributed by atoms with van der Waals surface area (Å²) in [6.07, 6.45) is 0. The van der Waals surface area contributed by atoms with E-state index in [1.165, 1.54) is 35.7 Å². The molecule has 0 aliphatic carbocycles. The predicted molar refractivity (Wildman–Crippen MR) is 115 cm³/mol. The summed E-state index contributed by atoms with van der Waals surface area (Å²) in [7, 11) is -2.25. The minimum absolute atomic E-state index is 0.00632. The Kier molecular flexibility index (Phi) is 7.67. The molecule has 1 heterocycles. The molecular formula is C21H25N3O7S. The molecule has 0 saturated carbocycles. The van der Waals surface area contributed by atoms with Crippen molar-refractivity contribution >= 4 is 21.8 Å². The van der Waals surface area contributed by atoms with E-state index in [1.54, 1.807) is 12.1 Å². The van der Waals surface area contributed by atoms with E-state index in [9.17, 15) is 18.0 Å². The van der Waals surface area contributed by atoms with E-state index in [4.69, 9.17) is 14.2 Å². The molecule has 2 amide bonds. The zero-order chi connectivity index (χ0) is 23.1. The first-order valence-corrected chi connectivity index (χ1v) is 11.3. The SMILES string of the molecule is COc1cc(C)ccc1OCC(=O)NNC(=O)c1cccc(S(=O)(=O)N2CCOCC2)c1. The Morgan fingerprint density at radius 1 is 1.06 bits per heavy atom. The summed E-state index contributed by atoms with van der Waals surface area (Å²) in [6, 6.07) is 10.9. The number of rotatable bonds is 7. The molecule has 0 radical (unpaired) electrons. The smallest absolute Gasteiger partial charge is 0.276 e. The Morgan fingerprint density at radius 2 is 1.81 bits per heavy atom. The van der Waals surface area contributed by atoms with Gasteiger partial charge in [0.2, 0.25) is 10.0 Å². The van der Waals surface area contributed by atoms with Crippen LogP contribution in [0.4, 0.5) is 0 Å². The van der Waals surface area contributed by atoms with Crippen LogP contribution in [0, 0.1) is 6.92 Å². The monoisotopic (exact) mass is 463 g/mol. The van der Waals surface area contributed by atoms with Crippen LogP contribution in [0.25, 0.3) is 0 Å². The second-order valence-corrected chi connectivity index (χ2v) is 8.93. The van der Waals surface area contributed by atoms with E-state index in [0.29, 0.717) is 24.7 Å². The van der Waals surface area contributed by atoms with Crippen molar-refractivity contribution in [2.24, 2.45) is 0 Å². The maximum absolute atomic E-state index is 12.8. The second-order valence-electron chi connectivity index (χ2n) is 6.99. The number of hydrogen-bond donors (Lipinski definition) is 2. The molecule has 172 valence electrons. The molecule has 0 atom stereocenters. The summed E-state index contributed by atoms with van der Waals surface area (Å²) in [6.45, 7) is 2.69. The van der Waals surface area contributed by atoms with E-state index in [0.717, 1.165) is 5.56 Å². The molecule has 2 aromatic carbocycles. The van der Waals surface area contributed by atoms with Gasteiger partial charge in [-0.3, -0.25) is 20.4 Å². The largest absolute Gasteiger partial charge is 0.493 e. The number of benzene rings is 2. The van der Waals surface area contributed by atoms with Gasteiger partial charge >= 0.3 is 0 Å². The van der Waals surface area contributed by atoms with Gasteiger partial charge in [-0.15, -0.1) is 0 Å². The zero-order valence-electron chi connectivity index (χ0n) is 17.8. The van der Waals surface area contributed by atoms with E-state index < -0.39 is 21.8 Å². The highest BCUT2D eigenvalue weighted by Gasteiger charge is 2.27. The molecule has 32 heavy (non-hydrogen) atoms. The Balaban J connectivity index is 1.57. The van der Waals surface area contributed by atoms with Crippen molar-refractivity contribution in [3.05, 3.63) is 53.6 Å². The van der Waals surface area contributed by atoms with Crippen molar-refractivity contribution in [1.82, 2.24) is 15.2 Å². The molecule has 1 fully saturated rings. The molecular weight excluding hydrogens is 438 g/mol. The highest BCUT2D eigenvalue weighted by atomic mass is 32.2. The quantitative estimate of drug-likeness (QED) is 0.584. The summed E-state index contributed by atoms with van der Waals surface area (Å²) in [5.74, 6) is -0.385. The number of methoxy groups -OCH3 is 1. The van der Waals surface area contributed by atoms with Gasteiger partial charge in [-0.25, -0.2) is 8.42 Å². The van der Waals surface area contributed by atoms with Gasteiger partial charge in [0.15, 0.2) is 18.1 Å². The number of morpholine rings is 1. The van der Waals surface area contributed by atoms with Crippen LogP contribution < -0.4 is 20.3 Å². The van der Waals surface area contributed by atoms with E-state index in [1.807, 2.05) is 13.0 Å². The lowest BCUT2D eigenvalue weighted by atomic mass is 10.2. The van der Waals surface area contributed by atoms with Gasteiger partial charge in [-0.2, -0.15) is 4.31 Å². The summed E-state index contributed by atoms with van der Waals surface area (Å²) < 4.78 is 42.7. The summed E-state index contributed by atoms with van der Waals surface area (Å²) >= 11 is 0. The van der Waals surface area contributed by atoms with Gasteiger partial charge in [-0.05, 0) is 42.8 Å². The number of sulfonamides is 1. The van der Waals surface area contributed by atoms with Crippen LogP contribution >= 0.6 is 0 Å². The van der Waals surface area contributed by atoms with Crippen LogP contribution in [0.3, 0.4) is 0 Å². The van der Waals surface area contributed by atoms with Gasteiger partial charge < -0.3 is 14.2 Å². The number of amides is 2. The van der Waals surface area contributed by atoms with Gasteiger partial charge in [0.1, 0.15) is 0 Å². The summed E-state index contributed by atoms with van der Waals surface area (Å²) in [5, 5.41) is 0. The Labute approximate surface area is 186 Å². The van der Waals surface area contributed by atoms with E-state index in [2.05, 4.69) is 10.9 Å². The van der Waals surface area contributed by atoms with Gasteiger partial charge in [0.25, 0.3) is 11.8 Å². The molecule has 1 aliphatic rings. The lowest BCUT2D eigenvalue weighted by Gasteiger charge is -2.26. The standard InChI is InChI=1S/C21H25N3O7S/c1-15-6-7-18(19(12-15)29-2)31-14-20(25)22-23-21(26)16-4-3-5-17(13-16)32(27,28)24-8-10-30-11-9-24/h3-7,12-13H,8-11,14H2,1-2H3,(H,22,25)(H,23,26). The van der Waals surface area contributed by atoms with Crippen LogP contribution in [0.5, 0.6) is 11.5 Å². The van der Waals surface area contributed by atoms with Crippen LogP contribution in [0.15, 0.2) is 47.4 Å². The predicted octanol–water partition coefficient (Wildman–Crippen LogP) is 0.865. The average molecular weight is 464 g/mol. The molecule has 2 N–H and O–H groups in total. The number of nitrogens with one attached hydrogen (secondary N) is 2. The Morgan fingerprint density at radius 3 is 2.53 bits per heavy atom. The normalized spacial score (nSPS) is 14.4. The van der Waals surface area contributed by atoms with Crippen molar-refractivity contribution < 1.29 is 32.2 Å². The van der Waals surface area contributed by atoms with Crippen LogP contribution in [0.2, 0.25) is 0 Å². The molecule has 1 aliphatic heterocycles. The number of hydrazine groups is 1. The Hall–Kier alpha value is -3.15. The number of carbonyl (C=O) groups is 2. The molecule has 0 bridgehead atoms. The third-order valence-corrected chi connectivity index (χ3v) is 6.59. The van der Waals surface area contributed by atoms with Crippen molar-refractivity contribution in [3.8, 4) is 11.5 Å². The highest BCUT2D eigenvalue weighted by molar-refractivity contribution is 7.89. The summed E-state index contributed by atoms with van der Waals surface area (Å²) in [4.78, 5) is 24.4. The second kappa shape index (κ2) is 10.4.